The highest BCUT2D eigenvalue weighted by Crippen LogP contribution is 2.57. The largest absolute Gasteiger partial charge is 0.453 e. The van der Waals surface area contributed by atoms with Gasteiger partial charge >= 0.3 is 0 Å². The van der Waals surface area contributed by atoms with Crippen LogP contribution in [0.5, 0.6) is 11.5 Å². The maximum absolute atomic E-state index is 7.24. The van der Waals surface area contributed by atoms with Crippen molar-refractivity contribution in [3.63, 3.8) is 0 Å². The summed E-state index contributed by atoms with van der Waals surface area (Å²) in [5.41, 5.74) is 15.2. The highest BCUT2D eigenvalue weighted by Gasteiger charge is 2.38. The van der Waals surface area contributed by atoms with Crippen molar-refractivity contribution in [1.82, 2.24) is 0 Å². The lowest BCUT2D eigenvalue weighted by molar-refractivity contribution is 0.476. The molecule has 0 N–H and O–H groups in total. The van der Waals surface area contributed by atoms with Gasteiger partial charge in [0.15, 0.2) is 17.1 Å². The summed E-state index contributed by atoms with van der Waals surface area (Å²) in [7, 11) is 0. The van der Waals surface area contributed by atoms with Gasteiger partial charge in [-0.3, -0.25) is 0 Å². The Balaban J connectivity index is 1.02. The minimum absolute atomic E-state index is 0.479. The van der Waals surface area contributed by atoms with Gasteiger partial charge in [0, 0.05) is 67.5 Å². The lowest BCUT2D eigenvalue weighted by atomic mass is 9.74. The highest BCUT2D eigenvalue weighted by molar-refractivity contribution is 6.12. The van der Waals surface area contributed by atoms with Crippen molar-refractivity contribution in [2.45, 2.75) is 19.3 Å². The summed E-state index contributed by atoms with van der Waals surface area (Å²) in [5.74, 6) is 1.58. The third-order valence-electron chi connectivity index (χ3n) is 12.8. The van der Waals surface area contributed by atoms with Crippen LogP contribution in [0.25, 0.3) is 34.1 Å². The monoisotopic (exact) mass is 825 g/mol. The molecule has 9 aromatic carbocycles. The first-order chi connectivity index (χ1) is 31.5. The Morgan fingerprint density at radius 2 is 1.03 bits per heavy atom. The van der Waals surface area contributed by atoms with Crippen molar-refractivity contribution in [2.24, 2.45) is 0 Å². The van der Waals surface area contributed by atoms with Crippen LogP contribution in [0.3, 0.4) is 0 Å². The number of nitrogens with zero attached hydrogens (tertiary/aromatic N) is 3. The molecule has 2 aliphatic rings. The molecule has 306 valence electrons. The van der Waals surface area contributed by atoms with Crippen molar-refractivity contribution in [3.8, 4) is 11.5 Å². The van der Waals surface area contributed by atoms with E-state index in [4.69, 9.17) is 9.15 Å². The number of rotatable bonds is 7. The molecule has 1 aliphatic heterocycles. The first kappa shape index (κ1) is 37.5. The zero-order valence-corrected chi connectivity index (χ0v) is 35.5. The Morgan fingerprint density at radius 1 is 0.453 bits per heavy atom. The van der Waals surface area contributed by atoms with Crippen molar-refractivity contribution >= 4 is 85.3 Å². The summed E-state index contributed by atoms with van der Waals surface area (Å²) >= 11 is 0. The second kappa shape index (κ2) is 15.0. The molecule has 0 amide bonds. The molecule has 0 saturated heterocycles. The standard InChI is InChI=1S/C59H43N3O2/c1-59(2)50-36-38-53-56(62(45-27-16-7-17-28-45)51-37-33-46(39-54(51)63-53)60(41-19-8-3-9-20-41)42-21-10-4-11-22-42)49(50)35-32-40-31-34-48-47-29-18-30-52(57(47)64-58(48)55(40)59)61(43-23-12-5-13-24-43)44-25-14-6-15-26-44/h3-39H,1-2H3. The van der Waals surface area contributed by atoms with Crippen molar-refractivity contribution < 1.29 is 9.15 Å². The van der Waals surface area contributed by atoms with Gasteiger partial charge in [0.05, 0.1) is 17.1 Å². The average Bonchev–Trinajstić information content (AvgIpc) is 3.68. The van der Waals surface area contributed by atoms with E-state index in [1.807, 2.05) is 0 Å². The van der Waals surface area contributed by atoms with E-state index in [0.717, 1.165) is 101 Å². The Bertz CT molecular complexity index is 3300. The van der Waals surface area contributed by atoms with Crippen molar-refractivity contribution in [1.29, 1.82) is 0 Å². The van der Waals surface area contributed by atoms with Crippen LogP contribution in [0.2, 0.25) is 0 Å². The Morgan fingerprint density at radius 3 is 1.66 bits per heavy atom. The third-order valence-corrected chi connectivity index (χ3v) is 12.8. The highest BCUT2D eigenvalue weighted by atomic mass is 16.5. The summed E-state index contributed by atoms with van der Waals surface area (Å²) in [6.45, 7) is 4.66. The Labute approximate surface area is 373 Å². The number of para-hydroxylation sites is 6. The number of hydrogen-bond acceptors (Lipinski definition) is 5. The molecule has 0 fully saturated rings. The molecule has 0 radical (unpaired) electrons. The normalized spacial score (nSPS) is 13.3. The van der Waals surface area contributed by atoms with E-state index in [1.165, 1.54) is 5.56 Å². The predicted molar refractivity (Wildman–Crippen MR) is 265 cm³/mol. The molecule has 0 atom stereocenters. The number of furan rings is 1. The van der Waals surface area contributed by atoms with Gasteiger partial charge in [-0.15, -0.1) is 0 Å². The predicted octanol–water partition coefficient (Wildman–Crippen LogP) is 16.9. The van der Waals surface area contributed by atoms with Gasteiger partial charge in [-0.2, -0.15) is 0 Å². The smallest absolute Gasteiger partial charge is 0.159 e. The van der Waals surface area contributed by atoms with Gasteiger partial charge in [-0.05, 0) is 102 Å². The first-order valence-corrected chi connectivity index (χ1v) is 21.8. The molecule has 5 nitrogen and oxygen atoms in total. The number of benzene rings is 9. The quantitative estimate of drug-likeness (QED) is 0.160. The fourth-order valence-electron chi connectivity index (χ4n) is 9.92. The fourth-order valence-corrected chi connectivity index (χ4v) is 9.92. The van der Waals surface area contributed by atoms with Crippen LogP contribution < -0.4 is 19.4 Å². The summed E-state index contributed by atoms with van der Waals surface area (Å²) in [6, 6.07) is 74.6. The molecular formula is C59H43N3O2. The van der Waals surface area contributed by atoms with Gasteiger partial charge in [-0.25, -0.2) is 0 Å². The van der Waals surface area contributed by atoms with Crippen molar-refractivity contribution in [3.05, 3.63) is 235 Å². The molecular weight excluding hydrogens is 783 g/mol. The van der Waals surface area contributed by atoms with E-state index >= 15 is 0 Å². The van der Waals surface area contributed by atoms with Gasteiger partial charge in [0.25, 0.3) is 0 Å². The van der Waals surface area contributed by atoms with Crippen LogP contribution >= 0.6 is 0 Å². The van der Waals surface area contributed by atoms with Crippen LogP contribution in [0.15, 0.2) is 217 Å². The van der Waals surface area contributed by atoms with E-state index in [1.54, 1.807) is 0 Å². The lowest BCUT2D eigenvalue weighted by Gasteiger charge is -2.37. The third kappa shape index (κ3) is 6.00. The minimum Gasteiger partial charge on any atom is -0.453 e. The molecule has 1 aliphatic carbocycles. The molecule has 0 spiro atoms. The van der Waals surface area contributed by atoms with Crippen LogP contribution in [0.1, 0.15) is 36.1 Å². The van der Waals surface area contributed by atoms with Gasteiger partial charge in [0.1, 0.15) is 5.58 Å². The topological polar surface area (TPSA) is 32.1 Å². The molecule has 0 bridgehead atoms. The Kier molecular flexibility index (Phi) is 8.76. The molecule has 0 saturated carbocycles. The zero-order chi connectivity index (χ0) is 42.8. The van der Waals surface area contributed by atoms with E-state index in [2.05, 4.69) is 253 Å². The fraction of sp³-hybridized carbons (Fsp3) is 0.0508. The summed E-state index contributed by atoms with van der Waals surface area (Å²) in [5, 5.41) is 2.18. The van der Waals surface area contributed by atoms with Crippen LogP contribution in [0.4, 0.5) is 51.2 Å². The number of hydrogen-bond donors (Lipinski definition) is 0. The summed E-state index contributed by atoms with van der Waals surface area (Å²) in [6.07, 6.45) is 4.54. The van der Waals surface area contributed by atoms with Crippen LogP contribution in [-0.2, 0) is 5.41 Å². The van der Waals surface area contributed by atoms with Crippen molar-refractivity contribution in [2.75, 3.05) is 14.7 Å². The van der Waals surface area contributed by atoms with Gasteiger partial charge < -0.3 is 23.9 Å². The lowest BCUT2D eigenvalue weighted by Crippen LogP contribution is -2.24. The molecule has 2 heterocycles. The second-order valence-electron chi connectivity index (χ2n) is 16.9. The van der Waals surface area contributed by atoms with Crippen LogP contribution in [0, 0.1) is 0 Å². The minimum atomic E-state index is -0.479. The SMILES string of the molecule is CC1(C)c2ccc3c(c2C=Cc2ccc4c(oc5c(N(c6ccccc6)c6ccccc6)cccc54)c21)N(c1ccccc1)c1ccc(N(c2ccccc2)c2ccccc2)cc1O3. The van der Waals surface area contributed by atoms with Gasteiger partial charge in [-0.1, -0.05) is 141 Å². The number of anilines is 9. The second-order valence-corrected chi connectivity index (χ2v) is 16.9. The Hall–Kier alpha value is -8.28. The van der Waals surface area contributed by atoms with Gasteiger partial charge in [0.2, 0.25) is 0 Å². The molecule has 1 aromatic heterocycles. The van der Waals surface area contributed by atoms with E-state index in [9.17, 15) is 0 Å². The molecule has 64 heavy (non-hydrogen) atoms. The maximum atomic E-state index is 7.24. The molecule has 5 heteroatoms. The zero-order valence-electron chi connectivity index (χ0n) is 35.5. The van der Waals surface area contributed by atoms with E-state index in [0.29, 0.717) is 0 Å². The molecule has 0 unspecified atom stereocenters. The molecule has 10 aromatic rings. The summed E-state index contributed by atoms with van der Waals surface area (Å²) < 4.78 is 14.3. The number of ether oxygens (including phenoxy) is 1. The van der Waals surface area contributed by atoms with E-state index < -0.39 is 5.41 Å². The summed E-state index contributed by atoms with van der Waals surface area (Å²) in [4.78, 5) is 6.93. The maximum Gasteiger partial charge on any atom is 0.159 e. The average molecular weight is 826 g/mol. The first-order valence-electron chi connectivity index (χ1n) is 21.8. The van der Waals surface area contributed by atoms with Crippen LogP contribution in [-0.4, -0.2) is 0 Å². The van der Waals surface area contributed by atoms with E-state index in [-0.39, 0.29) is 0 Å². The molecule has 12 rings (SSSR count). The number of fused-ring (bicyclic) bond motifs is 9.